The molecule has 0 aromatic rings. The van der Waals surface area contributed by atoms with Crippen molar-refractivity contribution in [1.29, 1.82) is 0 Å². The number of aliphatic hydroxyl groups is 3. The fourth-order valence-corrected chi connectivity index (χ4v) is 1.48. The highest BCUT2D eigenvalue weighted by Gasteiger charge is 2.20. The molecule has 1 aliphatic heterocycles. The minimum Gasteiger partial charge on any atom is -0.481 e. The van der Waals surface area contributed by atoms with Gasteiger partial charge in [0.15, 0.2) is 6.10 Å². The zero-order chi connectivity index (χ0) is 25.1. The number of carboxylic acids is 1. The summed E-state index contributed by atoms with van der Waals surface area (Å²) in [6, 6.07) is 0. The highest BCUT2D eigenvalue weighted by atomic mass is 16.6. The summed E-state index contributed by atoms with van der Waals surface area (Å²) >= 11 is 0. The number of cyclic esters (lactones) is 2. The molecule has 14 nitrogen and oxygen atoms in total. The van der Waals surface area contributed by atoms with Crippen molar-refractivity contribution in [2.24, 2.45) is 0 Å². The predicted octanol–water partition coefficient (Wildman–Crippen LogP) is -0.0206. The molecule has 1 aliphatic rings. The lowest BCUT2D eigenvalue weighted by Crippen LogP contribution is -2.27. The summed E-state index contributed by atoms with van der Waals surface area (Å²) in [4.78, 5) is 62.5. The van der Waals surface area contributed by atoms with E-state index in [-0.39, 0.29) is 74.4 Å². The summed E-state index contributed by atoms with van der Waals surface area (Å²) in [5.74, 6) is -4.18. The average Bonchev–Trinajstić information content (AvgIpc) is 3.11. The van der Waals surface area contributed by atoms with Crippen molar-refractivity contribution in [2.45, 2.75) is 74.0 Å². The van der Waals surface area contributed by atoms with Gasteiger partial charge in [-0.15, -0.1) is 0 Å². The fraction of sp³-hybridized carbons (Fsp3) is 0.714. The second-order valence-electron chi connectivity index (χ2n) is 5.83. The summed E-state index contributed by atoms with van der Waals surface area (Å²) in [7, 11) is 0. The molecule has 0 saturated carbocycles. The van der Waals surface area contributed by atoms with E-state index in [0.717, 1.165) is 0 Å². The minimum atomic E-state index is -1.12. The molecule has 4 N–H and O–H groups in total. The number of hydrogen-bond acceptors (Lipinski definition) is 13. The molecular formula is C21H40O14. The van der Waals surface area contributed by atoms with Crippen LogP contribution in [0.25, 0.3) is 0 Å². The number of ether oxygens (including phenoxy) is 4. The standard InChI is InChI=1S/C9H14O7.C5H10O4.C4H4O3.3CH4/c1-6(9(14)15-5-4-10)16-8(13)3-2-7(11)12;1-4(7)5(8)9-3-2-6;5-3-1-2-4(6)7-3;;;/h6,10H,2-5H2,1H3,(H,11,12);4,6-7H,2-3H2,1H3;1-2H2;3*1H4. The third-order valence-electron chi connectivity index (χ3n) is 2.96. The van der Waals surface area contributed by atoms with Crippen LogP contribution >= 0.6 is 0 Å². The average molecular weight is 517 g/mol. The van der Waals surface area contributed by atoms with Gasteiger partial charge in [-0.2, -0.15) is 0 Å². The van der Waals surface area contributed by atoms with E-state index in [2.05, 4.69) is 18.9 Å². The lowest BCUT2D eigenvalue weighted by atomic mass is 10.3. The summed E-state index contributed by atoms with van der Waals surface area (Å²) in [5, 5.41) is 33.3. The molecule has 0 spiro atoms. The Labute approximate surface area is 205 Å². The first-order valence-electron chi connectivity index (χ1n) is 9.32. The molecule has 2 unspecified atom stereocenters. The topological polar surface area (TPSA) is 220 Å². The van der Waals surface area contributed by atoms with Crippen molar-refractivity contribution in [3.8, 4) is 0 Å². The lowest BCUT2D eigenvalue weighted by Gasteiger charge is -2.11. The van der Waals surface area contributed by atoms with Crippen LogP contribution in [-0.2, 0) is 47.7 Å². The summed E-state index contributed by atoms with van der Waals surface area (Å²) in [6.45, 7) is 1.86. The molecule has 0 aromatic heterocycles. The van der Waals surface area contributed by atoms with Crippen LogP contribution in [0.3, 0.4) is 0 Å². The maximum Gasteiger partial charge on any atom is 0.347 e. The van der Waals surface area contributed by atoms with Crippen LogP contribution in [0.2, 0.25) is 0 Å². The Kier molecular flexibility index (Phi) is 30.7. The van der Waals surface area contributed by atoms with E-state index in [1.807, 2.05) is 0 Å². The fourth-order valence-electron chi connectivity index (χ4n) is 1.48. The molecule has 0 radical (unpaired) electrons. The minimum absolute atomic E-state index is 0. The van der Waals surface area contributed by atoms with E-state index >= 15 is 0 Å². The monoisotopic (exact) mass is 516 g/mol. The molecule has 0 aromatic carbocycles. The van der Waals surface area contributed by atoms with Crippen molar-refractivity contribution in [3.05, 3.63) is 0 Å². The zero-order valence-electron chi connectivity index (χ0n) is 17.7. The molecule has 1 fully saturated rings. The van der Waals surface area contributed by atoms with Crippen molar-refractivity contribution in [3.63, 3.8) is 0 Å². The van der Waals surface area contributed by atoms with Gasteiger partial charge in [0.1, 0.15) is 19.3 Å². The molecule has 14 heteroatoms. The number of rotatable bonds is 10. The number of aliphatic hydroxyl groups excluding tert-OH is 3. The number of carbonyl (C=O) groups is 6. The molecule has 2 atom stereocenters. The van der Waals surface area contributed by atoms with Gasteiger partial charge in [-0.25, -0.2) is 9.59 Å². The van der Waals surface area contributed by atoms with Crippen LogP contribution < -0.4 is 0 Å². The summed E-state index contributed by atoms with van der Waals surface area (Å²) < 4.78 is 17.5. The Bertz CT molecular complexity index is 616. The van der Waals surface area contributed by atoms with Crippen molar-refractivity contribution in [1.82, 2.24) is 0 Å². The molecular weight excluding hydrogens is 476 g/mol. The van der Waals surface area contributed by atoms with E-state index in [1.165, 1.54) is 13.8 Å². The van der Waals surface area contributed by atoms with Gasteiger partial charge in [-0.3, -0.25) is 19.2 Å². The normalized spacial score (nSPS) is 12.6. The number of hydrogen-bond donors (Lipinski definition) is 4. The number of carbonyl (C=O) groups excluding carboxylic acids is 5. The van der Waals surface area contributed by atoms with Gasteiger partial charge in [0.05, 0.1) is 38.9 Å². The first-order chi connectivity index (χ1) is 14.9. The molecule has 0 amide bonds. The van der Waals surface area contributed by atoms with E-state index in [0.29, 0.717) is 0 Å². The van der Waals surface area contributed by atoms with E-state index in [9.17, 15) is 28.8 Å². The Hall–Kier alpha value is -3.10. The lowest BCUT2D eigenvalue weighted by molar-refractivity contribution is -0.167. The molecule has 1 rings (SSSR count). The largest absolute Gasteiger partial charge is 0.481 e. The first-order valence-corrected chi connectivity index (χ1v) is 9.32. The molecule has 35 heavy (non-hydrogen) atoms. The predicted molar refractivity (Wildman–Crippen MR) is 121 cm³/mol. The molecule has 208 valence electrons. The summed E-state index contributed by atoms with van der Waals surface area (Å²) in [5.41, 5.74) is 0. The summed E-state index contributed by atoms with van der Waals surface area (Å²) in [6.07, 6.45) is -2.33. The van der Waals surface area contributed by atoms with Gasteiger partial charge < -0.3 is 39.4 Å². The van der Waals surface area contributed by atoms with Crippen molar-refractivity contribution in [2.75, 3.05) is 26.4 Å². The first kappa shape index (κ1) is 42.1. The van der Waals surface area contributed by atoms with E-state index in [4.69, 9.17) is 20.4 Å². The van der Waals surface area contributed by atoms with Crippen LogP contribution in [0.5, 0.6) is 0 Å². The molecule has 0 bridgehead atoms. The molecule has 1 saturated heterocycles. The van der Waals surface area contributed by atoms with Crippen LogP contribution in [-0.4, -0.2) is 94.9 Å². The quantitative estimate of drug-likeness (QED) is 0.170. The second kappa shape index (κ2) is 25.5. The van der Waals surface area contributed by atoms with Crippen molar-refractivity contribution < 1.29 is 68.1 Å². The number of aliphatic carboxylic acids is 1. The van der Waals surface area contributed by atoms with Crippen molar-refractivity contribution >= 4 is 35.8 Å². The third kappa shape index (κ3) is 27.0. The van der Waals surface area contributed by atoms with Gasteiger partial charge in [-0.1, -0.05) is 22.3 Å². The molecule has 1 heterocycles. The van der Waals surface area contributed by atoms with Gasteiger partial charge in [-0.05, 0) is 13.8 Å². The Morgan fingerprint density at radius 1 is 0.857 bits per heavy atom. The highest BCUT2D eigenvalue weighted by Crippen LogP contribution is 2.04. The maximum atomic E-state index is 11.0. The van der Waals surface area contributed by atoms with Crippen LogP contribution in [0.1, 0.15) is 61.8 Å². The Balaban J connectivity index is -0.000000135. The van der Waals surface area contributed by atoms with Crippen LogP contribution in [0.15, 0.2) is 0 Å². The van der Waals surface area contributed by atoms with E-state index < -0.39 is 48.0 Å². The zero-order valence-corrected chi connectivity index (χ0v) is 17.7. The van der Waals surface area contributed by atoms with Gasteiger partial charge >= 0.3 is 35.8 Å². The van der Waals surface area contributed by atoms with E-state index in [1.54, 1.807) is 0 Å². The van der Waals surface area contributed by atoms with Crippen LogP contribution in [0, 0.1) is 0 Å². The van der Waals surface area contributed by atoms with Gasteiger partial charge in [0.25, 0.3) is 0 Å². The highest BCUT2D eigenvalue weighted by molar-refractivity contribution is 5.92. The Morgan fingerprint density at radius 2 is 1.29 bits per heavy atom. The van der Waals surface area contributed by atoms with Gasteiger partial charge in [0.2, 0.25) is 0 Å². The van der Waals surface area contributed by atoms with Crippen LogP contribution in [0.4, 0.5) is 0 Å². The SMILES string of the molecule is C.C.C.CC(O)C(=O)OCCO.CC(OC(=O)CCC(=O)O)C(=O)OCCO.O=C1CCC(=O)O1. The smallest absolute Gasteiger partial charge is 0.347 e. The third-order valence-corrected chi connectivity index (χ3v) is 2.96. The second-order valence-corrected chi connectivity index (χ2v) is 5.83. The number of carboxylic acid groups (broad SMARTS) is 1. The maximum absolute atomic E-state index is 11.0. The van der Waals surface area contributed by atoms with Gasteiger partial charge in [0, 0.05) is 0 Å². The number of esters is 5. The molecule has 0 aliphatic carbocycles. The Morgan fingerprint density at radius 3 is 1.60 bits per heavy atom.